The highest BCUT2D eigenvalue weighted by Gasteiger charge is 2.27. The second-order valence-corrected chi connectivity index (χ2v) is 5.96. The Morgan fingerprint density at radius 1 is 1.08 bits per heavy atom. The summed E-state index contributed by atoms with van der Waals surface area (Å²) in [5, 5.41) is 0.473. The van der Waals surface area contributed by atoms with Crippen molar-refractivity contribution in [1.29, 1.82) is 0 Å². The molecule has 2 heterocycles. The van der Waals surface area contributed by atoms with Crippen LogP contribution in [-0.4, -0.2) is 64.9 Å². The Balaban J connectivity index is 1.67. The van der Waals surface area contributed by atoms with Crippen LogP contribution in [0.4, 0.5) is 0 Å². The van der Waals surface area contributed by atoms with Crippen LogP contribution in [0.15, 0.2) is 36.8 Å². The Morgan fingerprint density at radius 2 is 1.76 bits per heavy atom. The van der Waals surface area contributed by atoms with Crippen molar-refractivity contribution in [1.82, 2.24) is 19.8 Å². The van der Waals surface area contributed by atoms with Gasteiger partial charge in [-0.15, -0.1) is 0 Å². The maximum Gasteiger partial charge on any atom is 0.274 e. The van der Waals surface area contributed by atoms with E-state index in [4.69, 9.17) is 16.3 Å². The minimum Gasteiger partial charge on any atom is -0.496 e. The van der Waals surface area contributed by atoms with Gasteiger partial charge in [0.2, 0.25) is 0 Å². The lowest BCUT2D eigenvalue weighted by Gasteiger charge is -2.34. The number of nitrogens with zero attached hydrogens (tertiary/aromatic N) is 4. The summed E-state index contributed by atoms with van der Waals surface area (Å²) in [6.45, 7) is 1.73. The largest absolute Gasteiger partial charge is 0.496 e. The Bertz CT molecular complexity index is 777. The van der Waals surface area contributed by atoms with Gasteiger partial charge in [-0.05, 0) is 18.2 Å². The van der Waals surface area contributed by atoms with Gasteiger partial charge in [0, 0.05) is 43.6 Å². The van der Waals surface area contributed by atoms with Crippen LogP contribution in [0.3, 0.4) is 0 Å². The predicted molar refractivity (Wildman–Crippen MR) is 91.8 cm³/mol. The Kier molecular flexibility index (Phi) is 5.14. The highest BCUT2D eigenvalue weighted by atomic mass is 35.5. The van der Waals surface area contributed by atoms with Crippen molar-refractivity contribution in [3.8, 4) is 5.75 Å². The summed E-state index contributed by atoms with van der Waals surface area (Å²) in [6.07, 6.45) is 4.45. The van der Waals surface area contributed by atoms with E-state index in [1.165, 1.54) is 25.7 Å². The number of piperazine rings is 1. The molecule has 130 valence electrons. The average molecular weight is 361 g/mol. The molecule has 0 atom stereocenters. The first-order chi connectivity index (χ1) is 12.1. The average Bonchev–Trinajstić information content (AvgIpc) is 2.67. The predicted octanol–water partition coefficient (Wildman–Crippen LogP) is 1.74. The van der Waals surface area contributed by atoms with E-state index in [-0.39, 0.29) is 11.8 Å². The van der Waals surface area contributed by atoms with Crippen LogP contribution in [0.25, 0.3) is 0 Å². The van der Waals surface area contributed by atoms with E-state index in [1.54, 1.807) is 28.0 Å². The molecule has 0 saturated carbocycles. The van der Waals surface area contributed by atoms with Gasteiger partial charge in [-0.1, -0.05) is 11.6 Å². The van der Waals surface area contributed by atoms with Crippen LogP contribution >= 0.6 is 11.6 Å². The normalized spacial score (nSPS) is 14.3. The third kappa shape index (κ3) is 3.71. The Hall–Kier alpha value is -2.67. The van der Waals surface area contributed by atoms with E-state index in [1.807, 2.05) is 0 Å². The molecule has 1 aromatic carbocycles. The topological polar surface area (TPSA) is 75.6 Å². The number of rotatable bonds is 3. The summed E-state index contributed by atoms with van der Waals surface area (Å²) in [5.74, 6) is 0.138. The first-order valence-corrected chi connectivity index (χ1v) is 8.16. The van der Waals surface area contributed by atoms with Crippen LogP contribution < -0.4 is 4.74 Å². The molecular formula is C17H17ClN4O3. The van der Waals surface area contributed by atoms with E-state index in [9.17, 15) is 9.59 Å². The zero-order valence-electron chi connectivity index (χ0n) is 13.7. The van der Waals surface area contributed by atoms with Crippen molar-refractivity contribution in [3.05, 3.63) is 53.1 Å². The minimum atomic E-state index is -0.180. The number of hydrogen-bond donors (Lipinski definition) is 0. The van der Waals surface area contributed by atoms with Crippen molar-refractivity contribution in [2.75, 3.05) is 33.3 Å². The number of amides is 2. The molecule has 1 aromatic heterocycles. The summed E-state index contributed by atoms with van der Waals surface area (Å²) in [6, 6.07) is 4.94. The quantitative estimate of drug-likeness (QED) is 0.833. The Morgan fingerprint density at radius 3 is 2.36 bits per heavy atom. The molecule has 0 N–H and O–H groups in total. The van der Waals surface area contributed by atoms with Crippen molar-refractivity contribution >= 4 is 23.4 Å². The molecule has 1 saturated heterocycles. The number of carbonyl (C=O) groups excluding carboxylic acids is 2. The molecule has 3 rings (SSSR count). The minimum absolute atomic E-state index is 0.161. The molecule has 0 unspecified atom stereocenters. The third-order valence-corrected chi connectivity index (χ3v) is 4.26. The molecule has 1 aliphatic rings. The maximum atomic E-state index is 12.7. The molecule has 0 radical (unpaired) electrons. The fraction of sp³-hybridized carbons (Fsp3) is 0.294. The summed E-state index contributed by atoms with van der Waals surface area (Å²) in [5.41, 5.74) is 0.725. The number of aromatic nitrogens is 2. The van der Waals surface area contributed by atoms with Crippen molar-refractivity contribution in [2.45, 2.75) is 0 Å². The van der Waals surface area contributed by atoms with Gasteiger partial charge in [0.05, 0.1) is 18.9 Å². The first kappa shape index (κ1) is 17.2. The standard InChI is InChI=1S/C17H17ClN4O3/c1-25-15-3-2-12(18)10-13(15)16(23)21-6-8-22(9-7-21)17(24)14-11-19-4-5-20-14/h2-5,10-11H,6-9H2,1H3. The lowest BCUT2D eigenvalue weighted by molar-refractivity contribution is 0.0530. The van der Waals surface area contributed by atoms with Gasteiger partial charge < -0.3 is 14.5 Å². The molecule has 0 bridgehead atoms. The monoisotopic (exact) mass is 360 g/mol. The number of carbonyl (C=O) groups is 2. The number of halogens is 1. The molecule has 0 spiro atoms. The molecule has 25 heavy (non-hydrogen) atoms. The maximum absolute atomic E-state index is 12.7. The summed E-state index contributed by atoms with van der Waals surface area (Å²) < 4.78 is 5.24. The molecule has 1 aliphatic heterocycles. The molecule has 8 heteroatoms. The van der Waals surface area contributed by atoms with Gasteiger partial charge in [0.15, 0.2) is 0 Å². The second kappa shape index (κ2) is 7.48. The smallest absolute Gasteiger partial charge is 0.274 e. The second-order valence-electron chi connectivity index (χ2n) is 5.52. The van der Waals surface area contributed by atoms with Gasteiger partial charge in [0.1, 0.15) is 11.4 Å². The van der Waals surface area contributed by atoms with Crippen LogP contribution in [0.1, 0.15) is 20.8 Å². The summed E-state index contributed by atoms with van der Waals surface area (Å²) in [7, 11) is 1.51. The molecule has 7 nitrogen and oxygen atoms in total. The van der Waals surface area contributed by atoms with E-state index in [2.05, 4.69) is 9.97 Å². The number of benzene rings is 1. The molecule has 2 amide bonds. The fourth-order valence-corrected chi connectivity index (χ4v) is 2.87. The van der Waals surface area contributed by atoms with E-state index >= 15 is 0 Å². The van der Waals surface area contributed by atoms with E-state index in [0.29, 0.717) is 48.2 Å². The first-order valence-electron chi connectivity index (χ1n) is 7.78. The van der Waals surface area contributed by atoms with E-state index in [0.717, 1.165) is 0 Å². The number of methoxy groups -OCH3 is 1. The SMILES string of the molecule is COc1ccc(Cl)cc1C(=O)N1CCN(C(=O)c2cnccn2)CC1. The summed E-state index contributed by atoms with van der Waals surface area (Å²) in [4.78, 5) is 36.4. The molecule has 0 aliphatic carbocycles. The third-order valence-electron chi connectivity index (χ3n) is 4.03. The van der Waals surface area contributed by atoms with Gasteiger partial charge in [-0.25, -0.2) is 4.98 Å². The fourth-order valence-electron chi connectivity index (χ4n) is 2.70. The number of ether oxygens (including phenoxy) is 1. The molecule has 1 fully saturated rings. The van der Waals surface area contributed by atoms with Crippen LogP contribution in [-0.2, 0) is 0 Å². The molecule has 2 aromatic rings. The lowest BCUT2D eigenvalue weighted by atomic mass is 10.1. The summed E-state index contributed by atoms with van der Waals surface area (Å²) >= 11 is 6.00. The highest BCUT2D eigenvalue weighted by molar-refractivity contribution is 6.31. The zero-order chi connectivity index (χ0) is 17.8. The van der Waals surface area contributed by atoms with Crippen LogP contribution in [0, 0.1) is 0 Å². The van der Waals surface area contributed by atoms with Gasteiger partial charge in [-0.2, -0.15) is 0 Å². The van der Waals surface area contributed by atoms with Gasteiger partial charge >= 0.3 is 0 Å². The van der Waals surface area contributed by atoms with Gasteiger partial charge in [-0.3, -0.25) is 14.6 Å². The van der Waals surface area contributed by atoms with E-state index < -0.39 is 0 Å². The van der Waals surface area contributed by atoms with Gasteiger partial charge in [0.25, 0.3) is 11.8 Å². The number of hydrogen-bond acceptors (Lipinski definition) is 5. The van der Waals surface area contributed by atoms with Crippen LogP contribution in [0.2, 0.25) is 5.02 Å². The lowest BCUT2D eigenvalue weighted by Crippen LogP contribution is -2.50. The van der Waals surface area contributed by atoms with Crippen molar-refractivity contribution in [3.63, 3.8) is 0 Å². The van der Waals surface area contributed by atoms with Crippen molar-refractivity contribution in [2.24, 2.45) is 0 Å². The molecular weight excluding hydrogens is 344 g/mol. The van der Waals surface area contributed by atoms with Crippen LogP contribution in [0.5, 0.6) is 5.75 Å². The highest BCUT2D eigenvalue weighted by Crippen LogP contribution is 2.24. The Labute approximate surface area is 150 Å². The van der Waals surface area contributed by atoms with Crippen molar-refractivity contribution < 1.29 is 14.3 Å². The zero-order valence-corrected chi connectivity index (χ0v) is 14.4.